The van der Waals surface area contributed by atoms with E-state index in [9.17, 15) is 14.4 Å². The van der Waals surface area contributed by atoms with Crippen molar-refractivity contribution in [3.05, 3.63) is 81.0 Å². The normalized spacial score (nSPS) is 10.8. The average molecular weight is 484 g/mol. The van der Waals surface area contributed by atoms with E-state index in [2.05, 4.69) is 10.3 Å². The lowest BCUT2D eigenvalue weighted by atomic mass is 10.2. The number of rotatable bonds is 11. The molecule has 0 saturated heterocycles. The number of nitrogens with one attached hydrogen (secondary N) is 2. The van der Waals surface area contributed by atoms with Gasteiger partial charge in [0.05, 0.1) is 13.1 Å². The quantitative estimate of drug-likeness (QED) is 0.283. The number of hydrogen-bond acceptors (Lipinski definition) is 7. The van der Waals surface area contributed by atoms with Crippen LogP contribution < -0.4 is 27.2 Å². The van der Waals surface area contributed by atoms with Gasteiger partial charge in [0.25, 0.3) is 5.56 Å². The van der Waals surface area contributed by atoms with Gasteiger partial charge in [0.2, 0.25) is 5.91 Å². The summed E-state index contributed by atoms with van der Waals surface area (Å²) in [6, 6.07) is 16.9. The second-order valence-electron chi connectivity index (χ2n) is 7.51. The number of anilines is 3. The number of aromatic amines is 1. The summed E-state index contributed by atoms with van der Waals surface area (Å²) in [5.74, 6) is -0.415. The summed E-state index contributed by atoms with van der Waals surface area (Å²) in [5, 5.41) is 3.14. The number of amides is 1. The molecular weight excluding hydrogens is 454 g/mol. The van der Waals surface area contributed by atoms with E-state index in [4.69, 9.17) is 10.5 Å². The molecule has 10 heteroatoms. The van der Waals surface area contributed by atoms with Gasteiger partial charge in [0.1, 0.15) is 5.82 Å². The number of thioether (sulfide) groups is 1. The van der Waals surface area contributed by atoms with Crippen LogP contribution in [0.15, 0.2) is 69.1 Å². The second-order valence-corrected chi connectivity index (χ2v) is 8.36. The van der Waals surface area contributed by atoms with Crippen molar-refractivity contribution < 1.29 is 9.53 Å². The van der Waals surface area contributed by atoms with Crippen LogP contribution in [0.1, 0.15) is 12.0 Å². The molecule has 0 fully saturated rings. The monoisotopic (exact) mass is 483 g/mol. The molecule has 0 spiro atoms. The van der Waals surface area contributed by atoms with Gasteiger partial charge in [0, 0.05) is 30.8 Å². The molecule has 9 nitrogen and oxygen atoms in total. The van der Waals surface area contributed by atoms with Crippen molar-refractivity contribution in [1.29, 1.82) is 0 Å². The molecule has 34 heavy (non-hydrogen) atoms. The van der Waals surface area contributed by atoms with Crippen LogP contribution in [-0.2, 0) is 16.1 Å². The Bertz CT molecular complexity index is 1230. The largest absolute Gasteiger partial charge is 0.385 e. The molecule has 180 valence electrons. The minimum atomic E-state index is -0.706. The number of nitrogens with zero attached hydrogens (tertiary/aromatic N) is 2. The van der Waals surface area contributed by atoms with Gasteiger partial charge in [-0.2, -0.15) is 0 Å². The van der Waals surface area contributed by atoms with Crippen molar-refractivity contribution in [3.63, 3.8) is 0 Å². The first-order chi connectivity index (χ1) is 16.5. The van der Waals surface area contributed by atoms with Crippen LogP contribution in [-0.4, -0.2) is 48.5 Å². The second kappa shape index (κ2) is 12.1. The Labute approximate surface area is 201 Å². The minimum absolute atomic E-state index is 0.0448. The number of aromatic nitrogens is 2. The average Bonchev–Trinajstić information content (AvgIpc) is 2.85. The minimum Gasteiger partial charge on any atom is -0.385 e. The molecule has 0 aliphatic carbocycles. The third kappa shape index (κ3) is 6.09. The number of hydrogen-bond donors (Lipinski definition) is 3. The molecule has 3 rings (SSSR count). The van der Waals surface area contributed by atoms with E-state index in [1.807, 2.05) is 60.9 Å². The fourth-order valence-corrected chi connectivity index (χ4v) is 4.12. The number of carbonyl (C=O) groups is 1. The molecule has 0 aliphatic heterocycles. The number of methoxy groups -OCH3 is 1. The molecule has 3 aromatic rings. The predicted molar refractivity (Wildman–Crippen MR) is 137 cm³/mol. The zero-order valence-electron chi connectivity index (χ0n) is 19.2. The highest BCUT2D eigenvalue weighted by Crippen LogP contribution is 2.25. The van der Waals surface area contributed by atoms with Crippen LogP contribution in [0.5, 0.6) is 0 Å². The molecular formula is C24H29N5O4S. The van der Waals surface area contributed by atoms with Crippen LogP contribution in [0.25, 0.3) is 0 Å². The molecule has 1 amide bonds. The maximum atomic E-state index is 13.3. The Morgan fingerprint density at radius 2 is 1.85 bits per heavy atom. The van der Waals surface area contributed by atoms with Gasteiger partial charge in [-0.15, -0.1) is 11.8 Å². The van der Waals surface area contributed by atoms with Gasteiger partial charge in [-0.25, -0.2) is 4.79 Å². The van der Waals surface area contributed by atoms with Gasteiger partial charge in [-0.1, -0.05) is 42.5 Å². The van der Waals surface area contributed by atoms with Crippen molar-refractivity contribution in [3.8, 4) is 0 Å². The number of para-hydroxylation sites is 1. The maximum Gasteiger partial charge on any atom is 0.330 e. The lowest BCUT2D eigenvalue weighted by Crippen LogP contribution is -2.44. The van der Waals surface area contributed by atoms with Gasteiger partial charge >= 0.3 is 5.69 Å². The van der Waals surface area contributed by atoms with Gasteiger partial charge in [-0.3, -0.25) is 19.1 Å². The zero-order valence-corrected chi connectivity index (χ0v) is 20.1. The first-order valence-corrected chi connectivity index (χ1v) is 12.0. The summed E-state index contributed by atoms with van der Waals surface area (Å²) in [5.41, 5.74) is 6.59. The van der Waals surface area contributed by atoms with E-state index >= 15 is 0 Å². The molecule has 1 aromatic heterocycles. The fourth-order valence-electron chi connectivity index (χ4n) is 3.55. The molecule has 0 saturated carbocycles. The number of H-pyrrole nitrogens is 1. The highest BCUT2D eigenvalue weighted by Gasteiger charge is 2.24. The first-order valence-electron chi connectivity index (χ1n) is 10.8. The highest BCUT2D eigenvalue weighted by atomic mass is 32.2. The molecule has 0 aliphatic rings. The van der Waals surface area contributed by atoms with Crippen LogP contribution in [0.2, 0.25) is 0 Å². The topological polar surface area (TPSA) is 122 Å². The molecule has 1 heterocycles. The van der Waals surface area contributed by atoms with Gasteiger partial charge in [-0.05, 0) is 30.4 Å². The third-order valence-corrected chi connectivity index (χ3v) is 6.03. The Morgan fingerprint density at radius 1 is 1.15 bits per heavy atom. The van der Waals surface area contributed by atoms with Crippen molar-refractivity contribution >= 4 is 34.9 Å². The number of ether oxygens (including phenoxy) is 1. The molecule has 0 bridgehead atoms. The van der Waals surface area contributed by atoms with Crippen molar-refractivity contribution in [2.75, 3.05) is 49.0 Å². The molecule has 2 aromatic carbocycles. The first kappa shape index (κ1) is 25.1. The van der Waals surface area contributed by atoms with E-state index < -0.39 is 11.2 Å². The van der Waals surface area contributed by atoms with E-state index in [1.54, 1.807) is 18.9 Å². The van der Waals surface area contributed by atoms with Crippen molar-refractivity contribution in [1.82, 2.24) is 9.55 Å². The lowest BCUT2D eigenvalue weighted by Gasteiger charge is -2.25. The third-order valence-electron chi connectivity index (χ3n) is 5.24. The Morgan fingerprint density at radius 3 is 2.56 bits per heavy atom. The van der Waals surface area contributed by atoms with Crippen LogP contribution >= 0.6 is 11.8 Å². The summed E-state index contributed by atoms with van der Waals surface area (Å²) in [6.45, 7) is 0.708. The molecule has 0 atom stereocenters. The summed E-state index contributed by atoms with van der Waals surface area (Å²) < 4.78 is 6.38. The van der Waals surface area contributed by atoms with E-state index in [-0.39, 0.29) is 37.0 Å². The van der Waals surface area contributed by atoms with E-state index in [0.717, 1.165) is 16.1 Å². The number of benzene rings is 2. The summed E-state index contributed by atoms with van der Waals surface area (Å²) in [4.78, 5) is 43.3. The summed E-state index contributed by atoms with van der Waals surface area (Å²) >= 11 is 1.56. The zero-order chi connectivity index (χ0) is 24.5. The van der Waals surface area contributed by atoms with Crippen LogP contribution in [0, 0.1) is 0 Å². The standard InChI is InChI=1S/C24H29N5O4S/c1-33-14-8-13-28(20(30)15-26-18-11-6-7-12-19(18)34-2)21-22(25)29(24(32)27-23(21)31)16-17-9-4-3-5-10-17/h3-7,9-12,26H,8,13-16,25H2,1-2H3,(H,27,31,32). The fraction of sp³-hybridized carbons (Fsp3) is 0.292. The lowest BCUT2D eigenvalue weighted by molar-refractivity contribution is -0.117. The van der Waals surface area contributed by atoms with Crippen LogP contribution in [0.4, 0.5) is 17.2 Å². The van der Waals surface area contributed by atoms with Crippen LogP contribution in [0.3, 0.4) is 0 Å². The van der Waals surface area contributed by atoms with Crippen molar-refractivity contribution in [2.45, 2.75) is 17.9 Å². The predicted octanol–water partition coefficient (Wildman–Crippen LogP) is 2.37. The molecule has 0 radical (unpaired) electrons. The molecule has 0 unspecified atom stereocenters. The number of nitrogen functional groups attached to an aromatic ring is 1. The summed E-state index contributed by atoms with van der Waals surface area (Å²) in [7, 11) is 1.56. The Kier molecular flexibility index (Phi) is 8.94. The van der Waals surface area contributed by atoms with E-state index in [1.165, 1.54) is 9.47 Å². The Balaban J connectivity index is 1.94. The van der Waals surface area contributed by atoms with Crippen molar-refractivity contribution in [2.24, 2.45) is 0 Å². The number of carbonyl (C=O) groups excluding carboxylic acids is 1. The highest BCUT2D eigenvalue weighted by molar-refractivity contribution is 7.98. The maximum absolute atomic E-state index is 13.3. The Hall–Kier alpha value is -3.50. The van der Waals surface area contributed by atoms with Gasteiger partial charge in [0.15, 0.2) is 5.69 Å². The SMILES string of the molecule is COCCCN(C(=O)CNc1ccccc1SC)c1c(N)n(Cc2ccccc2)c(=O)[nH]c1=O. The molecule has 4 N–H and O–H groups in total. The number of nitrogens with two attached hydrogens (primary N) is 1. The summed E-state index contributed by atoms with van der Waals surface area (Å²) in [6.07, 6.45) is 2.44. The van der Waals surface area contributed by atoms with E-state index in [0.29, 0.717) is 13.0 Å². The smallest absolute Gasteiger partial charge is 0.330 e. The van der Waals surface area contributed by atoms with Gasteiger partial charge < -0.3 is 20.7 Å².